The van der Waals surface area contributed by atoms with E-state index < -0.39 is 0 Å². The van der Waals surface area contributed by atoms with Gasteiger partial charge in [0.1, 0.15) is 11.9 Å². The van der Waals surface area contributed by atoms with Crippen LogP contribution in [0.1, 0.15) is 107 Å². The predicted molar refractivity (Wildman–Crippen MR) is 133 cm³/mol. The lowest BCUT2D eigenvalue weighted by Crippen LogP contribution is -2.57. The van der Waals surface area contributed by atoms with Gasteiger partial charge < -0.3 is 9.84 Å². The predicted octanol–water partition coefficient (Wildman–Crippen LogP) is 6.73. The monoisotopic (exact) mass is 456 g/mol. The molecule has 5 aliphatic rings. The number of hydrogen-bond acceptors (Lipinski definition) is 3. The molecule has 3 heteroatoms. The molecule has 0 aromatic carbocycles. The van der Waals surface area contributed by atoms with Gasteiger partial charge in [-0.05, 0) is 98.7 Å². The molecule has 0 aromatic rings. The van der Waals surface area contributed by atoms with E-state index in [1.807, 2.05) is 0 Å². The average Bonchev–Trinajstić information content (AvgIpc) is 3.26. The normalized spacial score (nSPS) is 49.4. The molecule has 0 spiro atoms. The van der Waals surface area contributed by atoms with Crippen molar-refractivity contribution in [1.82, 2.24) is 0 Å². The van der Waals surface area contributed by atoms with Crippen molar-refractivity contribution in [2.24, 2.45) is 45.3 Å². The summed E-state index contributed by atoms with van der Waals surface area (Å²) < 4.78 is 5.75. The van der Waals surface area contributed by atoms with Crippen molar-refractivity contribution >= 4 is 5.78 Å². The second kappa shape index (κ2) is 7.19. The summed E-state index contributed by atoms with van der Waals surface area (Å²) in [7, 11) is 0. The van der Waals surface area contributed by atoms with Gasteiger partial charge in [-0.1, -0.05) is 53.2 Å². The fourth-order valence-electron chi connectivity index (χ4n) is 9.97. The second-order valence-corrected chi connectivity index (χ2v) is 14.5. The number of carbonyl (C=O) groups excluding carboxylic acids is 1. The Kier molecular flexibility index (Phi) is 5.24. The van der Waals surface area contributed by atoms with Gasteiger partial charge in [0.25, 0.3) is 0 Å². The van der Waals surface area contributed by atoms with Gasteiger partial charge >= 0.3 is 0 Å². The number of allylic oxidation sites excluding steroid dienone is 2. The highest BCUT2D eigenvalue weighted by atomic mass is 16.6. The molecule has 0 unspecified atom stereocenters. The molecule has 33 heavy (non-hydrogen) atoms. The van der Waals surface area contributed by atoms with E-state index >= 15 is 0 Å². The highest BCUT2D eigenvalue weighted by Gasteiger charge is 2.65. The van der Waals surface area contributed by atoms with E-state index in [0.29, 0.717) is 29.5 Å². The Labute approximate surface area is 202 Å². The third-order valence-corrected chi connectivity index (χ3v) is 12.4. The van der Waals surface area contributed by atoms with Crippen LogP contribution in [0.25, 0.3) is 0 Å². The quantitative estimate of drug-likeness (QED) is 0.377. The van der Waals surface area contributed by atoms with Crippen molar-refractivity contribution in [1.29, 1.82) is 0 Å². The third kappa shape index (κ3) is 3.16. The number of aliphatic hydroxyl groups excluding tert-OH is 1. The Morgan fingerprint density at radius 1 is 1.06 bits per heavy atom. The lowest BCUT2D eigenvalue weighted by molar-refractivity contribution is -0.146. The van der Waals surface area contributed by atoms with Crippen molar-refractivity contribution in [3.8, 4) is 0 Å². The smallest absolute Gasteiger partial charge is 0.138 e. The molecule has 0 amide bonds. The number of aliphatic hydroxyl groups is 1. The Morgan fingerprint density at radius 3 is 2.36 bits per heavy atom. The fraction of sp³-hybridized carbons (Fsp3) is 0.900. The first-order valence-corrected chi connectivity index (χ1v) is 13.8. The van der Waals surface area contributed by atoms with Crippen LogP contribution in [0.15, 0.2) is 11.6 Å². The summed E-state index contributed by atoms with van der Waals surface area (Å²) in [5.41, 5.74) is 2.17. The van der Waals surface area contributed by atoms with E-state index in [1.54, 1.807) is 5.57 Å². The zero-order valence-electron chi connectivity index (χ0n) is 22.5. The molecule has 1 heterocycles. The Balaban J connectivity index is 1.41. The molecule has 3 nitrogen and oxygen atoms in total. The van der Waals surface area contributed by atoms with E-state index in [0.717, 1.165) is 25.7 Å². The molecule has 0 radical (unpaired) electrons. The van der Waals surface area contributed by atoms with Gasteiger partial charge in [-0.25, -0.2) is 0 Å². The molecule has 186 valence electrons. The minimum absolute atomic E-state index is 0.00609. The van der Waals surface area contributed by atoms with E-state index in [9.17, 15) is 9.90 Å². The van der Waals surface area contributed by atoms with Crippen LogP contribution in [0.2, 0.25) is 0 Å². The maximum absolute atomic E-state index is 12.8. The second-order valence-electron chi connectivity index (χ2n) is 14.5. The molecule has 0 aromatic heterocycles. The van der Waals surface area contributed by atoms with Crippen LogP contribution >= 0.6 is 0 Å². The Bertz CT molecular complexity index is 870. The largest absolute Gasteiger partial charge is 0.390 e. The molecule has 1 saturated heterocycles. The highest BCUT2D eigenvalue weighted by molar-refractivity contribution is 5.85. The molecular weight excluding hydrogens is 408 g/mol. The van der Waals surface area contributed by atoms with Crippen LogP contribution in [-0.2, 0) is 9.53 Å². The van der Waals surface area contributed by atoms with Gasteiger partial charge in [-0.2, -0.15) is 0 Å². The standard InChI is InChI=1S/C30H48O3/c1-18(17-22(31)25-27(4,5)33-25)19-11-15-30(8)21-9-10-23-26(2,3)24(32)13-14-28(23,6)20(21)12-16-29(19,30)7/h9,18-20,22-23,25,31H,10-17H2,1-8H3/t18-,19-,20-,22+,23-,25-,28-,29-,30-/m0/s1. The molecule has 4 fully saturated rings. The lowest BCUT2D eigenvalue weighted by Gasteiger charge is -2.63. The number of fused-ring (bicyclic) bond motifs is 5. The number of rotatable bonds is 4. The van der Waals surface area contributed by atoms with Gasteiger partial charge in [0, 0.05) is 11.8 Å². The summed E-state index contributed by atoms with van der Waals surface area (Å²) in [5.74, 6) is 2.73. The van der Waals surface area contributed by atoms with Gasteiger partial charge in [0.15, 0.2) is 0 Å². The van der Waals surface area contributed by atoms with Crippen LogP contribution < -0.4 is 0 Å². The highest BCUT2D eigenvalue weighted by Crippen LogP contribution is 2.73. The molecule has 3 saturated carbocycles. The van der Waals surface area contributed by atoms with Gasteiger partial charge in [-0.15, -0.1) is 0 Å². The maximum atomic E-state index is 12.8. The molecule has 1 aliphatic heterocycles. The van der Waals surface area contributed by atoms with Crippen molar-refractivity contribution in [3.63, 3.8) is 0 Å². The number of Topliss-reactive ketones (excluding diaryl/α,β-unsaturated/α-hetero) is 1. The van der Waals surface area contributed by atoms with Crippen LogP contribution in [0.5, 0.6) is 0 Å². The summed E-state index contributed by atoms with van der Waals surface area (Å²) >= 11 is 0. The van der Waals surface area contributed by atoms with Crippen molar-refractivity contribution in [3.05, 3.63) is 11.6 Å². The van der Waals surface area contributed by atoms with E-state index in [1.165, 1.54) is 25.7 Å². The number of epoxide rings is 1. The number of ketones is 1. The molecule has 4 aliphatic carbocycles. The zero-order valence-corrected chi connectivity index (χ0v) is 22.5. The van der Waals surface area contributed by atoms with E-state index in [4.69, 9.17) is 4.74 Å². The van der Waals surface area contributed by atoms with Crippen LogP contribution in [0.3, 0.4) is 0 Å². The first-order valence-electron chi connectivity index (χ1n) is 13.8. The average molecular weight is 457 g/mol. The van der Waals surface area contributed by atoms with E-state index in [2.05, 4.69) is 61.5 Å². The van der Waals surface area contributed by atoms with Crippen LogP contribution in [0.4, 0.5) is 0 Å². The van der Waals surface area contributed by atoms with Crippen molar-refractivity contribution in [2.45, 2.75) is 125 Å². The minimum atomic E-state index is -0.350. The lowest BCUT2D eigenvalue weighted by atomic mass is 9.41. The SMILES string of the molecule is C[C@@H](C[C@@H](O)[C@@H]1OC1(C)C)[C@@H]1CC[C@@]2(C)C3=CC[C@H]4C(C)(C)C(=O)CC[C@@]4(C)[C@H]3CC[C@@]12C. The Hall–Kier alpha value is -0.670. The fourth-order valence-corrected chi connectivity index (χ4v) is 9.97. The summed E-state index contributed by atoms with van der Waals surface area (Å²) in [6.07, 6.45) is 11.1. The maximum Gasteiger partial charge on any atom is 0.138 e. The number of hydrogen-bond donors (Lipinski definition) is 1. The molecule has 0 bridgehead atoms. The summed E-state index contributed by atoms with van der Waals surface area (Å²) in [5, 5.41) is 10.9. The third-order valence-electron chi connectivity index (χ3n) is 12.4. The molecule has 1 N–H and O–H groups in total. The topological polar surface area (TPSA) is 49.8 Å². The first kappa shape index (κ1) is 24.0. The van der Waals surface area contributed by atoms with Crippen LogP contribution in [-0.4, -0.2) is 28.7 Å². The summed E-state index contributed by atoms with van der Waals surface area (Å²) in [6, 6.07) is 0. The van der Waals surface area contributed by atoms with E-state index in [-0.39, 0.29) is 39.5 Å². The number of carbonyl (C=O) groups is 1. The molecule has 9 atom stereocenters. The summed E-state index contributed by atoms with van der Waals surface area (Å²) in [6.45, 7) is 18.7. The molecular formula is C30H48O3. The van der Waals surface area contributed by atoms with Crippen molar-refractivity contribution < 1.29 is 14.6 Å². The number of ether oxygens (including phenoxy) is 1. The zero-order chi connectivity index (χ0) is 24.2. The summed E-state index contributed by atoms with van der Waals surface area (Å²) in [4.78, 5) is 12.8. The van der Waals surface area contributed by atoms with Crippen molar-refractivity contribution in [2.75, 3.05) is 0 Å². The van der Waals surface area contributed by atoms with Gasteiger partial charge in [0.05, 0.1) is 11.7 Å². The Morgan fingerprint density at radius 2 is 1.73 bits per heavy atom. The minimum Gasteiger partial charge on any atom is -0.390 e. The van der Waals surface area contributed by atoms with Gasteiger partial charge in [-0.3, -0.25) is 4.79 Å². The van der Waals surface area contributed by atoms with Crippen LogP contribution in [0, 0.1) is 45.3 Å². The first-order chi connectivity index (χ1) is 15.2. The van der Waals surface area contributed by atoms with Gasteiger partial charge in [0.2, 0.25) is 0 Å². The molecule has 5 rings (SSSR count).